The Hall–Kier alpha value is -1.96. The van der Waals surface area contributed by atoms with E-state index in [0.717, 1.165) is 0 Å². The monoisotopic (exact) mass is 371 g/mol. The Morgan fingerprint density at radius 3 is 2.00 bits per heavy atom. The normalized spacial score (nSPS) is 14.7. The molecule has 0 aromatic carbocycles. The molecular weight excluding hydrogens is 338 g/mol. The molecule has 0 aliphatic carbocycles. The first-order valence-corrected chi connectivity index (χ1v) is 8.90. The van der Waals surface area contributed by atoms with Crippen LogP contribution < -0.4 is 16.4 Å². The number of carbonyl (C=O) groups excluding carboxylic acids is 4. The Bertz CT molecular complexity index is 513. The van der Waals surface area contributed by atoms with Gasteiger partial charge in [0.05, 0.1) is 12.5 Å². The number of Topliss-reactive ketones (excluding diaryl/α,β-unsaturated/α-hetero) is 1. The Kier molecular flexibility index (Phi) is 10.1. The van der Waals surface area contributed by atoms with E-state index in [0.29, 0.717) is 13.1 Å². The molecule has 0 saturated carbocycles. The van der Waals surface area contributed by atoms with Crippen molar-refractivity contribution in [2.24, 2.45) is 17.6 Å². The van der Waals surface area contributed by atoms with Gasteiger partial charge < -0.3 is 21.1 Å². The van der Waals surface area contributed by atoms with Crippen molar-refractivity contribution >= 4 is 23.6 Å². The third-order valence-corrected chi connectivity index (χ3v) is 3.58. The SMILES string of the molecule is CC(CC(=O)C(C)NC(=O)C(C)CC(=O)OC(C)(C)C)C(=O)NCCN. The average molecular weight is 371 g/mol. The molecule has 8 nitrogen and oxygen atoms in total. The van der Waals surface area contributed by atoms with Crippen LogP contribution in [0.3, 0.4) is 0 Å². The second-order valence-electron chi connectivity index (χ2n) is 7.57. The highest BCUT2D eigenvalue weighted by molar-refractivity contribution is 5.93. The largest absolute Gasteiger partial charge is 0.460 e. The molecule has 0 rings (SSSR count). The maximum absolute atomic E-state index is 12.2. The van der Waals surface area contributed by atoms with Gasteiger partial charge in [-0.05, 0) is 27.7 Å². The summed E-state index contributed by atoms with van der Waals surface area (Å²) < 4.78 is 5.18. The molecule has 0 heterocycles. The van der Waals surface area contributed by atoms with Crippen molar-refractivity contribution in [2.45, 2.75) is 66.0 Å². The summed E-state index contributed by atoms with van der Waals surface area (Å²) in [7, 11) is 0. The van der Waals surface area contributed by atoms with E-state index in [1.165, 1.54) is 0 Å². The van der Waals surface area contributed by atoms with Gasteiger partial charge >= 0.3 is 5.97 Å². The first kappa shape index (κ1) is 24.0. The molecule has 3 atom stereocenters. The van der Waals surface area contributed by atoms with Crippen LogP contribution in [0, 0.1) is 11.8 Å². The van der Waals surface area contributed by atoms with Crippen LogP contribution in [0.5, 0.6) is 0 Å². The quantitative estimate of drug-likeness (QED) is 0.481. The molecule has 0 aliphatic heterocycles. The van der Waals surface area contributed by atoms with Gasteiger partial charge in [0.2, 0.25) is 11.8 Å². The van der Waals surface area contributed by atoms with E-state index >= 15 is 0 Å². The lowest BCUT2D eigenvalue weighted by molar-refractivity contribution is -0.157. The second-order valence-corrected chi connectivity index (χ2v) is 7.57. The van der Waals surface area contributed by atoms with Crippen molar-refractivity contribution in [1.82, 2.24) is 10.6 Å². The van der Waals surface area contributed by atoms with Crippen molar-refractivity contribution in [2.75, 3.05) is 13.1 Å². The number of carbonyl (C=O) groups is 4. The lowest BCUT2D eigenvalue weighted by Gasteiger charge is -2.21. The van der Waals surface area contributed by atoms with Gasteiger partial charge in [0.1, 0.15) is 5.60 Å². The van der Waals surface area contributed by atoms with Crippen molar-refractivity contribution in [3.05, 3.63) is 0 Å². The van der Waals surface area contributed by atoms with E-state index in [2.05, 4.69) is 10.6 Å². The van der Waals surface area contributed by atoms with Crippen LogP contribution in [0.2, 0.25) is 0 Å². The van der Waals surface area contributed by atoms with E-state index in [9.17, 15) is 19.2 Å². The van der Waals surface area contributed by atoms with Gasteiger partial charge in [0, 0.05) is 31.3 Å². The summed E-state index contributed by atoms with van der Waals surface area (Å²) in [6, 6.07) is -0.742. The molecule has 3 unspecified atom stereocenters. The minimum absolute atomic E-state index is 0.0122. The number of nitrogens with two attached hydrogens (primary N) is 1. The number of ether oxygens (including phenoxy) is 1. The molecule has 150 valence electrons. The van der Waals surface area contributed by atoms with Crippen LogP contribution in [0.15, 0.2) is 0 Å². The van der Waals surface area contributed by atoms with Crippen LogP contribution in [-0.4, -0.2) is 48.3 Å². The Morgan fingerprint density at radius 1 is 0.962 bits per heavy atom. The highest BCUT2D eigenvalue weighted by Gasteiger charge is 2.26. The number of rotatable bonds is 10. The van der Waals surface area contributed by atoms with Crippen molar-refractivity contribution in [1.29, 1.82) is 0 Å². The van der Waals surface area contributed by atoms with Crippen LogP contribution in [-0.2, 0) is 23.9 Å². The number of nitrogens with one attached hydrogen (secondary N) is 2. The van der Waals surface area contributed by atoms with E-state index in [1.54, 1.807) is 41.5 Å². The van der Waals surface area contributed by atoms with Gasteiger partial charge in [-0.1, -0.05) is 13.8 Å². The van der Waals surface area contributed by atoms with Crippen LogP contribution in [0.25, 0.3) is 0 Å². The molecule has 2 amide bonds. The van der Waals surface area contributed by atoms with Gasteiger partial charge in [-0.25, -0.2) is 0 Å². The molecule has 0 radical (unpaired) electrons. The number of hydrogen-bond acceptors (Lipinski definition) is 6. The smallest absolute Gasteiger partial charge is 0.307 e. The van der Waals surface area contributed by atoms with E-state index < -0.39 is 35.4 Å². The molecule has 8 heteroatoms. The Balaban J connectivity index is 4.44. The lowest BCUT2D eigenvalue weighted by atomic mass is 9.99. The molecule has 0 aromatic heterocycles. The number of esters is 1. The molecule has 4 N–H and O–H groups in total. The fraction of sp³-hybridized carbons (Fsp3) is 0.778. The molecule has 26 heavy (non-hydrogen) atoms. The maximum atomic E-state index is 12.2. The summed E-state index contributed by atoms with van der Waals surface area (Å²) >= 11 is 0. The van der Waals surface area contributed by atoms with E-state index in [4.69, 9.17) is 10.5 Å². The second kappa shape index (κ2) is 10.9. The summed E-state index contributed by atoms with van der Waals surface area (Å²) in [6.07, 6.45) is -0.0553. The fourth-order valence-electron chi connectivity index (χ4n) is 2.10. The highest BCUT2D eigenvalue weighted by Crippen LogP contribution is 2.12. The minimum atomic E-state index is -0.742. The number of ketones is 1. The standard InChI is InChI=1S/C18H33N3O5/c1-11(16(24)20-8-7-19)9-14(22)13(3)21-17(25)12(2)10-15(23)26-18(4,5)6/h11-13H,7-10,19H2,1-6H3,(H,20,24)(H,21,25). The van der Waals surface area contributed by atoms with E-state index in [-0.39, 0.29) is 24.5 Å². The van der Waals surface area contributed by atoms with Gasteiger partial charge in [-0.15, -0.1) is 0 Å². The minimum Gasteiger partial charge on any atom is -0.460 e. The molecule has 0 saturated heterocycles. The lowest BCUT2D eigenvalue weighted by Crippen LogP contribution is -2.43. The third kappa shape index (κ3) is 10.1. The summed E-state index contributed by atoms with van der Waals surface area (Å²) in [4.78, 5) is 47.9. The van der Waals surface area contributed by atoms with Crippen molar-refractivity contribution < 1.29 is 23.9 Å². The zero-order chi connectivity index (χ0) is 20.5. The average Bonchev–Trinajstić information content (AvgIpc) is 2.49. The van der Waals surface area contributed by atoms with Gasteiger partial charge in [-0.2, -0.15) is 0 Å². The Labute approximate surface area is 155 Å². The molecule has 0 fully saturated rings. The first-order chi connectivity index (χ1) is 11.9. The number of amides is 2. The zero-order valence-corrected chi connectivity index (χ0v) is 16.7. The number of hydrogen-bond donors (Lipinski definition) is 3. The van der Waals surface area contributed by atoms with Crippen molar-refractivity contribution in [3.63, 3.8) is 0 Å². The van der Waals surface area contributed by atoms with Gasteiger partial charge in [-0.3, -0.25) is 19.2 Å². The molecule has 0 bridgehead atoms. The summed E-state index contributed by atoms with van der Waals surface area (Å²) in [5.41, 5.74) is 4.70. The predicted molar refractivity (Wildman–Crippen MR) is 98.1 cm³/mol. The maximum Gasteiger partial charge on any atom is 0.307 e. The third-order valence-electron chi connectivity index (χ3n) is 3.58. The zero-order valence-electron chi connectivity index (χ0n) is 16.7. The molecule has 0 aromatic rings. The van der Waals surface area contributed by atoms with E-state index in [1.807, 2.05) is 0 Å². The summed E-state index contributed by atoms with van der Waals surface area (Å²) in [5, 5.41) is 5.21. The van der Waals surface area contributed by atoms with Crippen LogP contribution >= 0.6 is 0 Å². The van der Waals surface area contributed by atoms with Gasteiger partial charge in [0.25, 0.3) is 0 Å². The predicted octanol–water partition coefficient (Wildman–Crippen LogP) is 0.529. The molecule has 0 spiro atoms. The highest BCUT2D eigenvalue weighted by atomic mass is 16.6. The Morgan fingerprint density at radius 2 is 1.50 bits per heavy atom. The van der Waals surface area contributed by atoms with Gasteiger partial charge in [0.15, 0.2) is 5.78 Å². The molecular formula is C18H33N3O5. The summed E-state index contributed by atoms with van der Waals surface area (Å²) in [6.45, 7) is 10.7. The first-order valence-electron chi connectivity index (χ1n) is 8.90. The topological polar surface area (TPSA) is 128 Å². The van der Waals surface area contributed by atoms with Crippen LogP contribution in [0.4, 0.5) is 0 Å². The van der Waals surface area contributed by atoms with Crippen LogP contribution in [0.1, 0.15) is 54.4 Å². The summed E-state index contributed by atoms with van der Waals surface area (Å²) in [5.74, 6) is -2.50. The fourth-order valence-corrected chi connectivity index (χ4v) is 2.10. The molecule has 0 aliphatic rings. The van der Waals surface area contributed by atoms with Crippen molar-refractivity contribution in [3.8, 4) is 0 Å².